The fraction of sp³-hybridized carbons (Fsp3) is 0.750. The first-order valence-electron chi connectivity index (χ1n) is 5.99. The SMILES string of the molecule is CCc1cc(C(N)CC2CCC2)n(C)n1. The zero-order chi connectivity index (χ0) is 10.8. The Morgan fingerprint density at radius 2 is 2.33 bits per heavy atom. The van der Waals surface area contributed by atoms with Gasteiger partial charge in [0.25, 0.3) is 0 Å². The van der Waals surface area contributed by atoms with Crippen LogP contribution in [0.4, 0.5) is 0 Å². The van der Waals surface area contributed by atoms with Crippen molar-refractivity contribution >= 4 is 0 Å². The maximum Gasteiger partial charge on any atom is 0.0625 e. The summed E-state index contributed by atoms with van der Waals surface area (Å²) in [7, 11) is 2.00. The third-order valence-corrected chi connectivity index (χ3v) is 3.52. The van der Waals surface area contributed by atoms with E-state index in [9.17, 15) is 0 Å². The van der Waals surface area contributed by atoms with Gasteiger partial charge >= 0.3 is 0 Å². The Kier molecular flexibility index (Phi) is 3.10. The second kappa shape index (κ2) is 4.35. The highest BCUT2D eigenvalue weighted by Gasteiger charge is 2.22. The van der Waals surface area contributed by atoms with Gasteiger partial charge in [0, 0.05) is 13.1 Å². The van der Waals surface area contributed by atoms with Gasteiger partial charge in [-0.25, -0.2) is 0 Å². The highest BCUT2D eigenvalue weighted by atomic mass is 15.3. The quantitative estimate of drug-likeness (QED) is 0.822. The first-order valence-corrected chi connectivity index (χ1v) is 5.99. The summed E-state index contributed by atoms with van der Waals surface area (Å²) in [4.78, 5) is 0. The van der Waals surface area contributed by atoms with E-state index in [1.54, 1.807) is 0 Å². The number of rotatable bonds is 4. The summed E-state index contributed by atoms with van der Waals surface area (Å²) in [5.74, 6) is 0.861. The van der Waals surface area contributed by atoms with Crippen LogP contribution >= 0.6 is 0 Å². The summed E-state index contributed by atoms with van der Waals surface area (Å²) in [6.07, 6.45) is 6.24. The molecule has 1 aromatic heterocycles. The average molecular weight is 207 g/mol. The van der Waals surface area contributed by atoms with E-state index in [1.165, 1.54) is 25.0 Å². The van der Waals surface area contributed by atoms with Crippen molar-refractivity contribution in [3.63, 3.8) is 0 Å². The molecule has 1 saturated carbocycles. The lowest BCUT2D eigenvalue weighted by Crippen LogP contribution is -2.21. The van der Waals surface area contributed by atoms with Crippen LogP contribution in [0, 0.1) is 5.92 Å². The van der Waals surface area contributed by atoms with Gasteiger partial charge in [0.05, 0.1) is 11.4 Å². The van der Waals surface area contributed by atoms with Crippen molar-refractivity contribution in [3.8, 4) is 0 Å². The van der Waals surface area contributed by atoms with Crippen LogP contribution in [0.25, 0.3) is 0 Å². The van der Waals surface area contributed by atoms with Gasteiger partial charge in [0.2, 0.25) is 0 Å². The van der Waals surface area contributed by atoms with Gasteiger partial charge in [0.15, 0.2) is 0 Å². The van der Waals surface area contributed by atoms with Crippen LogP contribution in [0.2, 0.25) is 0 Å². The van der Waals surface area contributed by atoms with Crippen LogP contribution in [-0.4, -0.2) is 9.78 Å². The molecule has 3 heteroatoms. The normalized spacial score (nSPS) is 18.9. The van der Waals surface area contributed by atoms with Gasteiger partial charge in [0.1, 0.15) is 0 Å². The zero-order valence-electron chi connectivity index (χ0n) is 9.74. The molecule has 0 bridgehead atoms. The molecule has 1 aliphatic rings. The summed E-state index contributed by atoms with van der Waals surface area (Å²) < 4.78 is 1.95. The van der Waals surface area contributed by atoms with Crippen LogP contribution in [0.15, 0.2) is 6.07 Å². The van der Waals surface area contributed by atoms with E-state index in [0.29, 0.717) is 0 Å². The predicted molar refractivity (Wildman–Crippen MR) is 61.5 cm³/mol. The number of aryl methyl sites for hydroxylation is 2. The molecule has 0 saturated heterocycles. The molecule has 0 amide bonds. The predicted octanol–water partition coefficient (Wildman–Crippen LogP) is 2.17. The minimum atomic E-state index is 0.174. The lowest BCUT2D eigenvalue weighted by atomic mass is 9.80. The van der Waals surface area contributed by atoms with E-state index in [4.69, 9.17) is 5.73 Å². The number of aromatic nitrogens is 2. The molecule has 1 unspecified atom stereocenters. The van der Waals surface area contributed by atoms with Crippen molar-refractivity contribution in [1.82, 2.24) is 9.78 Å². The van der Waals surface area contributed by atoms with E-state index >= 15 is 0 Å². The Hall–Kier alpha value is -0.830. The minimum Gasteiger partial charge on any atom is -0.323 e. The van der Waals surface area contributed by atoms with Crippen LogP contribution in [-0.2, 0) is 13.5 Å². The van der Waals surface area contributed by atoms with E-state index in [0.717, 1.165) is 24.5 Å². The summed E-state index contributed by atoms with van der Waals surface area (Å²) in [6.45, 7) is 2.13. The standard InChI is InChI=1S/C12H21N3/c1-3-10-8-12(15(2)14-10)11(13)7-9-5-4-6-9/h8-9,11H,3-7,13H2,1-2H3. The highest BCUT2D eigenvalue weighted by molar-refractivity contribution is 5.14. The van der Waals surface area contributed by atoms with Gasteiger partial charge in [-0.3, -0.25) is 4.68 Å². The van der Waals surface area contributed by atoms with Gasteiger partial charge in [-0.1, -0.05) is 26.2 Å². The smallest absolute Gasteiger partial charge is 0.0625 e. The van der Waals surface area contributed by atoms with Crippen LogP contribution in [0.3, 0.4) is 0 Å². The fourth-order valence-corrected chi connectivity index (χ4v) is 2.27. The number of nitrogens with zero attached hydrogens (tertiary/aromatic N) is 2. The Labute approximate surface area is 91.7 Å². The monoisotopic (exact) mass is 207 g/mol. The average Bonchev–Trinajstić information content (AvgIpc) is 2.53. The minimum absolute atomic E-state index is 0.174. The molecule has 3 nitrogen and oxygen atoms in total. The molecule has 0 radical (unpaired) electrons. The molecule has 84 valence electrons. The van der Waals surface area contributed by atoms with E-state index in [1.807, 2.05) is 11.7 Å². The molecule has 0 aliphatic heterocycles. The van der Waals surface area contributed by atoms with Crippen molar-refractivity contribution in [2.24, 2.45) is 18.7 Å². The molecule has 2 N–H and O–H groups in total. The van der Waals surface area contributed by atoms with Crippen LogP contribution in [0.5, 0.6) is 0 Å². The molecule has 1 aliphatic carbocycles. The van der Waals surface area contributed by atoms with Gasteiger partial charge in [-0.05, 0) is 24.8 Å². The maximum atomic E-state index is 6.21. The van der Waals surface area contributed by atoms with Crippen LogP contribution in [0.1, 0.15) is 50.0 Å². The molecular formula is C12H21N3. The Balaban J connectivity index is 2.02. The maximum absolute atomic E-state index is 6.21. The van der Waals surface area contributed by atoms with Crippen LogP contribution < -0.4 is 5.73 Å². The van der Waals surface area contributed by atoms with E-state index in [2.05, 4.69) is 18.1 Å². The third-order valence-electron chi connectivity index (χ3n) is 3.52. The Bertz CT molecular complexity index is 326. The molecule has 0 spiro atoms. The van der Waals surface area contributed by atoms with Gasteiger partial charge in [-0.2, -0.15) is 5.10 Å². The van der Waals surface area contributed by atoms with Gasteiger partial charge < -0.3 is 5.73 Å². The topological polar surface area (TPSA) is 43.8 Å². The lowest BCUT2D eigenvalue weighted by molar-refractivity contribution is 0.274. The second-order valence-corrected chi connectivity index (χ2v) is 4.68. The number of nitrogens with two attached hydrogens (primary N) is 1. The van der Waals surface area contributed by atoms with Crippen molar-refractivity contribution < 1.29 is 0 Å². The summed E-state index contributed by atoms with van der Waals surface area (Å²) in [5.41, 5.74) is 8.56. The molecular weight excluding hydrogens is 186 g/mol. The third kappa shape index (κ3) is 2.23. The number of hydrogen-bond acceptors (Lipinski definition) is 2. The van der Waals surface area contributed by atoms with E-state index < -0.39 is 0 Å². The Morgan fingerprint density at radius 3 is 2.80 bits per heavy atom. The first kappa shape index (κ1) is 10.7. The van der Waals surface area contributed by atoms with Crippen molar-refractivity contribution in [1.29, 1.82) is 0 Å². The fourth-order valence-electron chi connectivity index (χ4n) is 2.27. The molecule has 1 atom stereocenters. The molecule has 15 heavy (non-hydrogen) atoms. The second-order valence-electron chi connectivity index (χ2n) is 4.68. The first-order chi connectivity index (χ1) is 7.20. The highest BCUT2D eigenvalue weighted by Crippen LogP contribution is 2.33. The zero-order valence-corrected chi connectivity index (χ0v) is 9.74. The molecule has 0 aromatic carbocycles. The van der Waals surface area contributed by atoms with Crippen molar-refractivity contribution in [3.05, 3.63) is 17.5 Å². The summed E-state index contributed by atoms with van der Waals surface area (Å²) >= 11 is 0. The van der Waals surface area contributed by atoms with Gasteiger partial charge in [-0.15, -0.1) is 0 Å². The lowest BCUT2D eigenvalue weighted by Gasteiger charge is -2.27. The molecule has 1 heterocycles. The number of hydrogen-bond donors (Lipinski definition) is 1. The van der Waals surface area contributed by atoms with Crippen molar-refractivity contribution in [2.45, 2.75) is 45.1 Å². The Morgan fingerprint density at radius 1 is 1.60 bits per heavy atom. The molecule has 1 aromatic rings. The van der Waals surface area contributed by atoms with Crippen molar-refractivity contribution in [2.75, 3.05) is 0 Å². The summed E-state index contributed by atoms with van der Waals surface area (Å²) in [5, 5.41) is 4.44. The summed E-state index contributed by atoms with van der Waals surface area (Å²) in [6, 6.07) is 2.33. The molecule has 1 fully saturated rings. The van der Waals surface area contributed by atoms with E-state index in [-0.39, 0.29) is 6.04 Å². The molecule has 2 rings (SSSR count). The largest absolute Gasteiger partial charge is 0.323 e.